The molecule has 0 aromatic rings. The highest BCUT2D eigenvalue weighted by Crippen LogP contribution is 2.39. The van der Waals surface area contributed by atoms with Crippen LogP contribution in [-0.2, 0) is 0 Å². The molecule has 4 heteroatoms. The summed E-state index contributed by atoms with van der Waals surface area (Å²) in [4.78, 5) is 13.6. The Morgan fingerprint density at radius 2 is 2.35 bits per heavy atom. The zero-order valence-corrected chi connectivity index (χ0v) is 10.1. The van der Waals surface area contributed by atoms with Gasteiger partial charge in [-0.05, 0) is 19.3 Å². The number of rotatable bonds is 1. The first-order chi connectivity index (χ1) is 8.15. The summed E-state index contributed by atoms with van der Waals surface area (Å²) in [6, 6.07) is -0.101. The van der Waals surface area contributed by atoms with Crippen LogP contribution < -0.4 is 5.32 Å². The summed E-state index contributed by atoms with van der Waals surface area (Å²) in [7, 11) is 0. The van der Waals surface area contributed by atoms with Crippen LogP contribution in [0.5, 0.6) is 0 Å². The zero-order valence-electron chi connectivity index (χ0n) is 10.1. The molecule has 17 heavy (non-hydrogen) atoms. The first-order valence-electron chi connectivity index (χ1n) is 6.34. The van der Waals surface area contributed by atoms with E-state index < -0.39 is 5.60 Å². The lowest BCUT2D eigenvalue weighted by atomic mass is 9.71. The highest BCUT2D eigenvalue weighted by Gasteiger charge is 2.43. The Kier molecular flexibility index (Phi) is 3.58. The van der Waals surface area contributed by atoms with Gasteiger partial charge in [-0.25, -0.2) is 4.79 Å². The van der Waals surface area contributed by atoms with Crippen molar-refractivity contribution in [2.75, 3.05) is 19.6 Å². The lowest BCUT2D eigenvalue weighted by Gasteiger charge is -2.47. The summed E-state index contributed by atoms with van der Waals surface area (Å²) >= 11 is 0. The maximum Gasteiger partial charge on any atom is 0.318 e. The third-order valence-corrected chi connectivity index (χ3v) is 4.06. The van der Waals surface area contributed by atoms with E-state index in [2.05, 4.69) is 11.2 Å². The molecule has 0 unspecified atom stereocenters. The van der Waals surface area contributed by atoms with Crippen molar-refractivity contribution in [1.29, 1.82) is 0 Å². The predicted octanol–water partition coefficient (Wildman–Crippen LogP) is 0.956. The first-order valence-corrected chi connectivity index (χ1v) is 6.34. The van der Waals surface area contributed by atoms with E-state index in [9.17, 15) is 9.90 Å². The maximum absolute atomic E-state index is 11.8. The molecule has 0 aromatic heterocycles. The molecule has 1 heterocycles. The molecule has 94 valence electrons. The number of carbonyl (C=O) groups excluding carboxylic acids is 1. The van der Waals surface area contributed by atoms with E-state index in [1.807, 2.05) is 0 Å². The van der Waals surface area contributed by atoms with Gasteiger partial charge in [0.05, 0.1) is 12.1 Å². The predicted molar refractivity (Wildman–Crippen MR) is 65.3 cm³/mol. The average Bonchev–Trinajstić information content (AvgIpc) is 2.34. The van der Waals surface area contributed by atoms with Gasteiger partial charge in [-0.15, -0.1) is 6.42 Å². The van der Waals surface area contributed by atoms with Crippen LogP contribution in [0.15, 0.2) is 0 Å². The minimum absolute atomic E-state index is 0.101. The van der Waals surface area contributed by atoms with Crippen LogP contribution in [-0.4, -0.2) is 41.3 Å². The fourth-order valence-corrected chi connectivity index (χ4v) is 2.99. The van der Waals surface area contributed by atoms with Crippen LogP contribution in [0.25, 0.3) is 0 Å². The number of nitrogens with zero attached hydrogens (tertiary/aromatic N) is 1. The summed E-state index contributed by atoms with van der Waals surface area (Å²) in [6.07, 6.45) is 9.98. The van der Waals surface area contributed by atoms with E-state index in [0.29, 0.717) is 19.5 Å². The van der Waals surface area contributed by atoms with Crippen LogP contribution in [0, 0.1) is 18.3 Å². The van der Waals surface area contributed by atoms with Crippen molar-refractivity contribution in [1.82, 2.24) is 10.2 Å². The SMILES string of the molecule is C#CCNC(=O)N1CC[C@]2(O)CCCC[C@@H]2C1. The number of aliphatic hydroxyl groups is 1. The van der Waals surface area contributed by atoms with Gasteiger partial charge in [-0.2, -0.15) is 0 Å². The summed E-state index contributed by atoms with van der Waals surface area (Å²) < 4.78 is 0. The molecule has 1 aliphatic carbocycles. The number of terminal acetylenes is 1. The second-order valence-corrected chi connectivity index (χ2v) is 5.11. The van der Waals surface area contributed by atoms with Crippen LogP contribution in [0.1, 0.15) is 32.1 Å². The summed E-state index contributed by atoms with van der Waals surface area (Å²) in [5, 5.41) is 13.2. The smallest absolute Gasteiger partial charge is 0.318 e. The van der Waals surface area contributed by atoms with E-state index in [4.69, 9.17) is 6.42 Å². The van der Waals surface area contributed by atoms with Crippen molar-refractivity contribution in [3.8, 4) is 12.3 Å². The monoisotopic (exact) mass is 236 g/mol. The van der Waals surface area contributed by atoms with Crippen LogP contribution in [0.4, 0.5) is 4.79 Å². The lowest BCUT2D eigenvalue weighted by molar-refractivity contribution is -0.0870. The minimum Gasteiger partial charge on any atom is -0.389 e. The van der Waals surface area contributed by atoms with Gasteiger partial charge >= 0.3 is 6.03 Å². The Balaban J connectivity index is 1.93. The van der Waals surface area contributed by atoms with Gasteiger partial charge in [0.25, 0.3) is 0 Å². The maximum atomic E-state index is 11.8. The molecule has 2 fully saturated rings. The fraction of sp³-hybridized carbons (Fsp3) is 0.769. The van der Waals surface area contributed by atoms with Crippen molar-refractivity contribution >= 4 is 6.03 Å². The third-order valence-electron chi connectivity index (χ3n) is 4.06. The van der Waals surface area contributed by atoms with Crippen molar-refractivity contribution in [2.24, 2.45) is 5.92 Å². The molecular weight excluding hydrogens is 216 g/mol. The fourth-order valence-electron chi connectivity index (χ4n) is 2.99. The van der Waals surface area contributed by atoms with Crippen LogP contribution >= 0.6 is 0 Å². The van der Waals surface area contributed by atoms with Crippen molar-refractivity contribution < 1.29 is 9.90 Å². The zero-order chi connectivity index (χ0) is 12.3. The number of carbonyl (C=O) groups is 1. The molecule has 2 amide bonds. The molecule has 1 saturated heterocycles. The van der Waals surface area contributed by atoms with Crippen LogP contribution in [0.2, 0.25) is 0 Å². The second kappa shape index (κ2) is 4.97. The average molecular weight is 236 g/mol. The Morgan fingerprint density at radius 1 is 1.53 bits per heavy atom. The van der Waals surface area contributed by atoms with E-state index >= 15 is 0 Å². The van der Waals surface area contributed by atoms with Crippen molar-refractivity contribution in [3.63, 3.8) is 0 Å². The van der Waals surface area contributed by atoms with Crippen LogP contribution in [0.3, 0.4) is 0 Å². The first kappa shape index (κ1) is 12.3. The Bertz CT molecular complexity index is 337. The Morgan fingerprint density at radius 3 is 3.12 bits per heavy atom. The number of fused-ring (bicyclic) bond motifs is 1. The van der Waals surface area contributed by atoms with Gasteiger partial charge in [0.1, 0.15) is 0 Å². The standard InChI is InChI=1S/C13H20N2O2/c1-2-8-14-12(16)15-9-7-13(17)6-4-3-5-11(13)10-15/h1,11,17H,3-10H2,(H,14,16)/t11-,13-/m1/s1. The summed E-state index contributed by atoms with van der Waals surface area (Å²) in [6.45, 7) is 1.56. The van der Waals surface area contributed by atoms with E-state index in [-0.39, 0.29) is 18.5 Å². The van der Waals surface area contributed by atoms with Gasteiger partial charge in [-0.1, -0.05) is 18.8 Å². The van der Waals surface area contributed by atoms with E-state index in [1.54, 1.807) is 4.90 Å². The molecule has 1 saturated carbocycles. The molecule has 2 rings (SSSR count). The summed E-state index contributed by atoms with van der Waals surface area (Å²) in [5.41, 5.74) is -0.527. The largest absolute Gasteiger partial charge is 0.389 e. The number of hydrogen-bond acceptors (Lipinski definition) is 2. The minimum atomic E-state index is -0.527. The molecule has 2 aliphatic rings. The summed E-state index contributed by atoms with van der Waals surface area (Å²) in [5.74, 6) is 2.63. The second-order valence-electron chi connectivity index (χ2n) is 5.11. The highest BCUT2D eigenvalue weighted by molar-refractivity contribution is 5.74. The van der Waals surface area contributed by atoms with Crippen molar-refractivity contribution in [2.45, 2.75) is 37.7 Å². The number of hydrogen-bond donors (Lipinski definition) is 2. The lowest BCUT2D eigenvalue weighted by Crippen LogP contribution is -2.56. The molecule has 4 nitrogen and oxygen atoms in total. The molecule has 1 aliphatic heterocycles. The van der Waals surface area contributed by atoms with Gasteiger partial charge < -0.3 is 15.3 Å². The molecule has 0 spiro atoms. The van der Waals surface area contributed by atoms with Gasteiger partial charge in [-0.3, -0.25) is 0 Å². The van der Waals surface area contributed by atoms with Gasteiger partial charge in [0.15, 0.2) is 0 Å². The normalized spacial score (nSPS) is 32.5. The van der Waals surface area contributed by atoms with Crippen molar-refractivity contribution in [3.05, 3.63) is 0 Å². The third kappa shape index (κ3) is 2.55. The quantitative estimate of drug-likeness (QED) is 0.666. The number of likely N-dealkylation sites (tertiary alicyclic amines) is 1. The number of nitrogens with one attached hydrogen (secondary N) is 1. The number of amides is 2. The van der Waals surface area contributed by atoms with Gasteiger partial charge in [0, 0.05) is 19.0 Å². The molecule has 2 atom stereocenters. The molecule has 0 aromatic carbocycles. The molecule has 0 bridgehead atoms. The number of piperidine rings is 1. The highest BCUT2D eigenvalue weighted by atomic mass is 16.3. The molecule has 2 N–H and O–H groups in total. The van der Waals surface area contributed by atoms with E-state index in [0.717, 1.165) is 25.7 Å². The Hall–Kier alpha value is -1.21. The number of urea groups is 1. The van der Waals surface area contributed by atoms with E-state index in [1.165, 1.54) is 0 Å². The molecule has 0 radical (unpaired) electrons. The Labute approximate surface area is 102 Å². The topological polar surface area (TPSA) is 52.6 Å². The molecular formula is C13H20N2O2. The van der Waals surface area contributed by atoms with Gasteiger partial charge in [0.2, 0.25) is 0 Å².